The molecule has 5 nitrogen and oxygen atoms in total. The van der Waals surface area contributed by atoms with Crippen molar-refractivity contribution in [2.24, 2.45) is 0 Å². The maximum Gasteiger partial charge on any atom is 0.111 e. The van der Waals surface area contributed by atoms with Gasteiger partial charge in [0, 0.05) is 18.4 Å². The molecule has 5 heteroatoms. The second-order valence-corrected chi connectivity index (χ2v) is 5.97. The molecule has 0 amide bonds. The Bertz CT molecular complexity index is 1020. The summed E-state index contributed by atoms with van der Waals surface area (Å²) >= 11 is 0. The fourth-order valence-electron chi connectivity index (χ4n) is 3.00. The molecule has 0 aliphatic carbocycles. The van der Waals surface area contributed by atoms with Crippen LogP contribution in [0.2, 0.25) is 0 Å². The number of aromatic nitrogens is 3. The smallest absolute Gasteiger partial charge is 0.111 e. The van der Waals surface area contributed by atoms with Gasteiger partial charge in [0.2, 0.25) is 0 Å². The Balaban J connectivity index is 1.58. The first-order valence-corrected chi connectivity index (χ1v) is 8.19. The summed E-state index contributed by atoms with van der Waals surface area (Å²) in [6.45, 7) is 2.73. The molecular formula is C20H19N5. The summed E-state index contributed by atoms with van der Waals surface area (Å²) in [4.78, 5) is 8.71. The van der Waals surface area contributed by atoms with Crippen molar-refractivity contribution in [2.45, 2.75) is 13.5 Å². The molecule has 4 rings (SSSR count). The lowest BCUT2D eigenvalue weighted by Crippen LogP contribution is -2.03. The predicted octanol–water partition coefficient (Wildman–Crippen LogP) is 3.92. The van der Waals surface area contributed by atoms with Crippen LogP contribution in [0.5, 0.6) is 0 Å². The van der Waals surface area contributed by atoms with E-state index in [0.29, 0.717) is 0 Å². The van der Waals surface area contributed by atoms with E-state index in [1.807, 2.05) is 37.3 Å². The van der Waals surface area contributed by atoms with E-state index in [2.05, 4.69) is 44.1 Å². The first kappa shape index (κ1) is 15.2. The Hall–Kier alpha value is -3.34. The van der Waals surface area contributed by atoms with Crippen molar-refractivity contribution < 1.29 is 0 Å². The molecule has 25 heavy (non-hydrogen) atoms. The number of anilines is 2. The SMILES string of the molecule is Cc1nc2cnccc2n1-c1ccc(CNc2ccccc2N)cc1. The van der Waals surface area contributed by atoms with Crippen LogP contribution in [0.4, 0.5) is 11.4 Å². The van der Waals surface area contributed by atoms with E-state index in [9.17, 15) is 0 Å². The predicted molar refractivity (Wildman–Crippen MR) is 102 cm³/mol. The van der Waals surface area contributed by atoms with Gasteiger partial charge in [-0.25, -0.2) is 4.98 Å². The topological polar surface area (TPSA) is 68.8 Å². The Morgan fingerprint density at radius 1 is 1.04 bits per heavy atom. The number of nitrogen functional groups attached to an aromatic ring is 1. The third-order valence-electron chi connectivity index (χ3n) is 4.26. The third kappa shape index (κ3) is 2.92. The van der Waals surface area contributed by atoms with Gasteiger partial charge >= 0.3 is 0 Å². The Morgan fingerprint density at radius 2 is 1.84 bits per heavy atom. The largest absolute Gasteiger partial charge is 0.397 e. The van der Waals surface area contributed by atoms with Crippen LogP contribution in [0.1, 0.15) is 11.4 Å². The molecule has 0 aliphatic heterocycles. The average molecular weight is 329 g/mol. The molecule has 0 atom stereocenters. The number of fused-ring (bicyclic) bond motifs is 1. The Labute approximate surface area is 146 Å². The van der Waals surface area contributed by atoms with E-state index >= 15 is 0 Å². The number of imidazole rings is 1. The second-order valence-electron chi connectivity index (χ2n) is 5.97. The normalized spacial score (nSPS) is 10.9. The zero-order chi connectivity index (χ0) is 17.2. The van der Waals surface area contributed by atoms with E-state index in [1.54, 1.807) is 12.4 Å². The number of rotatable bonds is 4. The fourth-order valence-corrected chi connectivity index (χ4v) is 3.00. The van der Waals surface area contributed by atoms with Gasteiger partial charge in [-0.15, -0.1) is 0 Å². The van der Waals surface area contributed by atoms with Crippen molar-refractivity contribution in [3.8, 4) is 5.69 Å². The maximum absolute atomic E-state index is 5.96. The first-order chi connectivity index (χ1) is 12.2. The van der Waals surface area contributed by atoms with Gasteiger partial charge in [0.25, 0.3) is 0 Å². The lowest BCUT2D eigenvalue weighted by Gasteiger charge is -2.11. The van der Waals surface area contributed by atoms with Crippen molar-refractivity contribution in [2.75, 3.05) is 11.1 Å². The van der Waals surface area contributed by atoms with Crippen LogP contribution >= 0.6 is 0 Å². The number of nitrogens with one attached hydrogen (secondary N) is 1. The first-order valence-electron chi connectivity index (χ1n) is 8.19. The van der Waals surface area contributed by atoms with Gasteiger partial charge in [-0.2, -0.15) is 0 Å². The van der Waals surface area contributed by atoms with Crippen LogP contribution in [0.15, 0.2) is 67.0 Å². The van der Waals surface area contributed by atoms with E-state index < -0.39 is 0 Å². The highest BCUT2D eigenvalue weighted by Crippen LogP contribution is 2.22. The van der Waals surface area contributed by atoms with E-state index in [-0.39, 0.29) is 0 Å². The van der Waals surface area contributed by atoms with Crippen molar-refractivity contribution in [3.05, 3.63) is 78.4 Å². The van der Waals surface area contributed by atoms with Crippen LogP contribution in [0.3, 0.4) is 0 Å². The molecule has 0 radical (unpaired) electrons. The molecule has 4 aromatic rings. The lowest BCUT2D eigenvalue weighted by atomic mass is 10.2. The molecule has 0 bridgehead atoms. The molecular weight excluding hydrogens is 310 g/mol. The Kier molecular flexibility index (Phi) is 3.82. The number of pyridine rings is 1. The van der Waals surface area contributed by atoms with Crippen LogP contribution in [-0.4, -0.2) is 14.5 Å². The molecule has 0 saturated heterocycles. The van der Waals surface area contributed by atoms with Gasteiger partial charge in [-0.3, -0.25) is 9.55 Å². The molecule has 3 N–H and O–H groups in total. The maximum atomic E-state index is 5.96. The van der Waals surface area contributed by atoms with Crippen LogP contribution in [-0.2, 0) is 6.54 Å². The van der Waals surface area contributed by atoms with Gasteiger partial charge in [-0.1, -0.05) is 24.3 Å². The highest BCUT2D eigenvalue weighted by molar-refractivity contribution is 5.77. The van der Waals surface area contributed by atoms with E-state index in [1.165, 1.54) is 5.56 Å². The molecule has 124 valence electrons. The summed E-state index contributed by atoms with van der Waals surface area (Å²) in [5.74, 6) is 0.950. The summed E-state index contributed by atoms with van der Waals surface area (Å²) in [6.07, 6.45) is 3.59. The van der Waals surface area contributed by atoms with Crippen molar-refractivity contribution in [1.82, 2.24) is 14.5 Å². The van der Waals surface area contributed by atoms with E-state index in [0.717, 1.165) is 40.5 Å². The second kappa shape index (κ2) is 6.28. The number of hydrogen-bond acceptors (Lipinski definition) is 4. The number of benzene rings is 2. The molecule has 0 unspecified atom stereocenters. The molecule has 0 spiro atoms. The zero-order valence-corrected chi connectivity index (χ0v) is 14.0. The number of hydrogen-bond donors (Lipinski definition) is 2. The highest BCUT2D eigenvalue weighted by Gasteiger charge is 2.09. The van der Waals surface area contributed by atoms with Crippen molar-refractivity contribution in [3.63, 3.8) is 0 Å². The van der Waals surface area contributed by atoms with Gasteiger partial charge in [-0.05, 0) is 42.8 Å². The van der Waals surface area contributed by atoms with Crippen molar-refractivity contribution >= 4 is 22.4 Å². The summed E-state index contributed by atoms with van der Waals surface area (Å²) < 4.78 is 2.14. The number of para-hydroxylation sites is 2. The van der Waals surface area contributed by atoms with Gasteiger partial charge in [0.05, 0.1) is 23.1 Å². The summed E-state index contributed by atoms with van der Waals surface area (Å²) in [5, 5.41) is 3.37. The lowest BCUT2D eigenvalue weighted by molar-refractivity contribution is 0.997. The highest BCUT2D eigenvalue weighted by atomic mass is 15.1. The minimum atomic E-state index is 0.724. The summed E-state index contributed by atoms with van der Waals surface area (Å²) in [6, 6.07) is 18.2. The van der Waals surface area contributed by atoms with Crippen molar-refractivity contribution in [1.29, 1.82) is 0 Å². The fraction of sp³-hybridized carbons (Fsp3) is 0.100. The monoisotopic (exact) mass is 329 g/mol. The molecule has 0 aliphatic rings. The van der Waals surface area contributed by atoms with Gasteiger partial charge in [0.1, 0.15) is 11.3 Å². The van der Waals surface area contributed by atoms with Gasteiger partial charge < -0.3 is 11.1 Å². The standard InChI is InChI=1S/C20H19N5/c1-14-24-19-13-22-11-10-20(19)25(14)16-8-6-15(7-9-16)12-23-18-5-3-2-4-17(18)21/h2-11,13,23H,12,21H2,1H3. The summed E-state index contributed by atoms with van der Waals surface area (Å²) in [5.41, 5.74) is 11.9. The number of nitrogens with zero attached hydrogens (tertiary/aromatic N) is 3. The Morgan fingerprint density at radius 3 is 2.64 bits per heavy atom. The van der Waals surface area contributed by atoms with Crippen LogP contribution in [0, 0.1) is 6.92 Å². The zero-order valence-electron chi connectivity index (χ0n) is 14.0. The molecule has 0 saturated carbocycles. The third-order valence-corrected chi connectivity index (χ3v) is 4.26. The quantitative estimate of drug-likeness (QED) is 0.557. The molecule has 0 fully saturated rings. The minimum Gasteiger partial charge on any atom is -0.397 e. The van der Waals surface area contributed by atoms with Gasteiger partial charge in [0.15, 0.2) is 0 Å². The summed E-state index contributed by atoms with van der Waals surface area (Å²) in [7, 11) is 0. The molecule has 2 aromatic heterocycles. The minimum absolute atomic E-state index is 0.724. The van der Waals surface area contributed by atoms with Crippen LogP contribution < -0.4 is 11.1 Å². The molecule has 2 heterocycles. The molecule has 2 aromatic carbocycles. The number of nitrogens with two attached hydrogens (primary N) is 1. The number of aryl methyl sites for hydroxylation is 1. The van der Waals surface area contributed by atoms with Crippen LogP contribution in [0.25, 0.3) is 16.7 Å². The average Bonchev–Trinajstić information content (AvgIpc) is 2.97. The van der Waals surface area contributed by atoms with E-state index in [4.69, 9.17) is 5.73 Å².